The summed E-state index contributed by atoms with van der Waals surface area (Å²) in [6.07, 6.45) is 0.766. The summed E-state index contributed by atoms with van der Waals surface area (Å²) in [4.78, 5) is 11.9. The minimum absolute atomic E-state index is 0.00758. The average molecular weight is 404 g/mol. The van der Waals surface area contributed by atoms with Gasteiger partial charge >= 0.3 is 5.97 Å². The molecule has 2 atom stereocenters. The smallest absolute Gasteiger partial charge is 0.330 e. The fourth-order valence-electron chi connectivity index (χ4n) is 2.65. The third kappa shape index (κ3) is 5.87. The lowest BCUT2D eigenvalue weighted by molar-refractivity contribution is -0.143. The molecule has 0 spiro atoms. The van der Waals surface area contributed by atoms with Crippen molar-refractivity contribution in [1.82, 2.24) is 0 Å². The molecule has 0 aliphatic carbocycles. The number of rotatable bonds is 9. The molecule has 0 amide bonds. The van der Waals surface area contributed by atoms with Crippen molar-refractivity contribution in [3.8, 4) is 23.0 Å². The van der Waals surface area contributed by atoms with Crippen LogP contribution >= 0.6 is 0 Å². The highest BCUT2D eigenvalue weighted by Gasteiger charge is 2.23. The van der Waals surface area contributed by atoms with Crippen molar-refractivity contribution in [3.05, 3.63) is 53.6 Å². The van der Waals surface area contributed by atoms with Gasteiger partial charge < -0.3 is 34.3 Å². The van der Waals surface area contributed by atoms with Gasteiger partial charge in [0.1, 0.15) is 18.8 Å². The Morgan fingerprint density at radius 3 is 2.24 bits per heavy atom. The van der Waals surface area contributed by atoms with Crippen molar-refractivity contribution >= 4 is 12.0 Å². The van der Waals surface area contributed by atoms with E-state index in [9.17, 15) is 20.1 Å². The molecule has 0 saturated heterocycles. The van der Waals surface area contributed by atoms with Gasteiger partial charge in [-0.25, -0.2) is 4.79 Å². The molecule has 0 aliphatic rings. The quantitative estimate of drug-likeness (QED) is 0.431. The Kier molecular flexibility index (Phi) is 7.88. The fourth-order valence-corrected chi connectivity index (χ4v) is 2.65. The first-order valence-corrected chi connectivity index (χ1v) is 8.69. The number of aliphatic hydroxyl groups is 1. The molecule has 0 unspecified atom stereocenters. The number of hydrogen-bond donors (Lipinski definition) is 3. The van der Waals surface area contributed by atoms with Crippen LogP contribution in [-0.4, -0.2) is 55.3 Å². The van der Waals surface area contributed by atoms with Crippen LogP contribution in [0.3, 0.4) is 0 Å². The summed E-state index contributed by atoms with van der Waals surface area (Å²) in [5.74, 6) is -0.187. The van der Waals surface area contributed by atoms with Crippen LogP contribution in [0.25, 0.3) is 6.08 Å². The van der Waals surface area contributed by atoms with Crippen LogP contribution in [0.15, 0.2) is 42.5 Å². The van der Waals surface area contributed by atoms with Crippen LogP contribution in [0.1, 0.15) is 17.2 Å². The molecule has 29 heavy (non-hydrogen) atoms. The maximum absolute atomic E-state index is 11.9. The Morgan fingerprint density at radius 2 is 1.62 bits per heavy atom. The molecule has 156 valence electrons. The Hall–Kier alpha value is -3.23. The number of methoxy groups -OCH3 is 3. The van der Waals surface area contributed by atoms with Crippen LogP contribution in [-0.2, 0) is 14.3 Å². The number of ether oxygens (including phenoxy) is 4. The van der Waals surface area contributed by atoms with E-state index in [1.165, 1.54) is 51.7 Å². The topological polar surface area (TPSA) is 115 Å². The Bertz CT molecular complexity index is 862. The molecule has 3 N–H and O–H groups in total. The maximum Gasteiger partial charge on any atom is 0.330 e. The van der Waals surface area contributed by atoms with E-state index in [1.807, 2.05) is 0 Å². The van der Waals surface area contributed by atoms with Gasteiger partial charge in [0, 0.05) is 13.2 Å². The van der Waals surface area contributed by atoms with Crippen molar-refractivity contribution in [3.63, 3.8) is 0 Å². The molecule has 0 radical (unpaired) electrons. The normalized spacial score (nSPS) is 13.1. The van der Waals surface area contributed by atoms with E-state index in [4.69, 9.17) is 18.9 Å². The number of benzene rings is 2. The number of phenolic OH excluding ortho intramolecular Hbond substituents is 2. The third-order valence-corrected chi connectivity index (χ3v) is 4.15. The van der Waals surface area contributed by atoms with Gasteiger partial charge in [0.15, 0.2) is 23.0 Å². The summed E-state index contributed by atoms with van der Waals surface area (Å²) in [5, 5.41) is 29.6. The summed E-state index contributed by atoms with van der Waals surface area (Å²) < 4.78 is 20.4. The number of carbonyl (C=O) groups is 1. The fraction of sp³-hybridized carbons (Fsp3) is 0.286. The summed E-state index contributed by atoms with van der Waals surface area (Å²) in [6, 6.07) is 9.15. The Labute approximate surface area is 168 Å². The predicted octanol–water partition coefficient (Wildman–Crippen LogP) is 2.42. The van der Waals surface area contributed by atoms with Crippen molar-refractivity contribution in [2.75, 3.05) is 27.9 Å². The van der Waals surface area contributed by atoms with E-state index >= 15 is 0 Å². The lowest BCUT2D eigenvalue weighted by atomic mass is 10.0. The second kappa shape index (κ2) is 10.4. The van der Waals surface area contributed by atoms with Gasteiger partial charge in [0.25, 0.3) is 0 Å². The second-order valence-corrected chi connectivity index (χ2v) is 6.05. The molecule has 0 heterocycles. The van der Waals surface area contributed by atoms with Crippen LogP contribution in [0, 0.1) is 0 Å². The molecule has 2 aromatic rings. The van der Waals surface area contributed by atoms with E-state index in [0.29, 0.717) is 11.1 Å². The molecule has 8 heteroatoms. The molecule has 0 fully saturated rings. The highest BCUT2D eigenvalue weighted by molar-refractivity contribution is 5.87. The first kappa shape index (κ1) is 22.1. The second-order valence-electron chi connectivity index (χ2n) is 6.05. The summed E-state index contributed by atoms with van der Waals surface area (Å²) in [6.45, 7) is -0.302. The molecule has 0 saturated carbocycles. The number of aliphatic hydroxyl groups excluding tert-OH is 1. The van der Waals surface area contributed by atoms with Gasteiger partial charge in [-0.1, -0.05) is 12.1 Å². The number of aromatic hydroxyl groups is 2. The third-order valence-electron chi connectivity index (χ3n) is 4.15. The highest BCUT2D eigenvalue weighted by Crippen LogP contribution is 2.31. The lowest BCUT2D eigenvalue weighted by Gasteiger charge is -2.22. The Morgan fingerprint density at radius 1 is 1.00 bits per heavy atom. The molecular formula is C21H24O8. The van der Waals surface area contributed by atoms with E-state index in [1.54, 1.807) is 18.2 Å². The van der Waals surface area contributed by atoms with Crippen molar-refractivity contribution < 1.29 is 39.1 Å². The minimum Gasteiger partial charge on any atom is -0.504 e. The summed E-state index contributed by atoms with van der Waals surface area (Å²) >= 11 is 0. The molecule has 2 rings (SSSR count). The van der Waals surface area contributed by atoms with Gasteiger partial charge in [-0.15, -0.1) is 0 Å². The maximum atomic E-state index is 11.9. The predicted molar refractivity (Wildman–Crippen MR) is 105 cm³/mol. The number of esters is 1. The first-order chi connectivity index (χ1) is 13.9. The molecule has 2 aromatic carbocycles. The number of carbonyl (C=O) groups excluding carboxylic acids is 1. The molecule has 0 bridgehead atoms. The molecule has 0 aliphatic heterocycles. The van der Waals surface area contributed by atoms with Gasteiger partial charge in [-0.2, -0.15) is 0 Å². The summed E-state index contributed by atoms with van der Waals surface area (Å²) in [7, 11) is 4.25. The number of hydrogen-bond acceptors (Lipinski definition) is 8. The Balaban J connectivity index is 1.97. The van der Waals surface area contributed by atoms with E-state index in [0.717, 1.165) is 0 Å². The van der Waals surface area contributed by atoms with Crippen LogP contribution < -0.4 is 9.47 Å². The van der Waals surface area contributed by atoms with Gasteiger partial charge in [-0.3, -0.25) is 0 Å². The van der Waals surface area contributed by atoms with Crippen molar-refractivity contribution in [1.29, 1.82) is 0 Å². The van der Waals surface area contributed by atoms with Crippen LogP contribution in [0.5, 0.6) is 23.0 Å². The van der Waals surface area contributed by atoms with Gasteiger partial charge in [-0.05, 0) is 41.5 Å². The standard InChI is InChI=1S/C21H24O8/c1-26-18-10-13(4-7-15(18)22)5-9-20(25)29-12-17(24)21(28-3)14-6-8-16(23)19(11-14)27-2/h4-11,17,21-24H,12H2,1-3H3/b9-5+/t17-,21+/m1/s1. The lowest BCUT2D eigenvalue weighted by Crippen LogP contribution is -2.26. The van der Waals surface area contributed by atoms with Crippen LogP contribution in [0.2, 0.25) is 0 Å². The molecule has 8 nitrogen and oxygen atoms in total. The summed E-state index contributed by atoms with van der Waals surface area (Å²) in [5.41, 5.74) is 1.18. The van der Waals surface area contributed by atoms with Crippen molar-refractivity contribution in [2.24, 2.45) is 0 Å². The number of phenols is 2. The van der Waals surface area contributed by atoms with Gasteiger partial charge in [0.2, 0.25) is 0 Å². The van der Waals surface area contributed by atoms with E-state index in [-0.39, 0.29) is 29.6 Å². The highest BCUT2D eigenvalue weighted by atomic mass is 16.5. The average Bonchev–Trinajstić information content (AvgIpc) is 2.73. The van der Waals surface area contributed by atoms with Crippen molar-refractivity contribution in [2.45, 2.75) is 12.2 Å². The SMILES string of the molecule is COc1cc(/C=C/C(=O)OC[C@@H](O)[C@@H](OC)c2ccc(O)c(OC)c2)ccc1O. The van der Waals surface area contributed by atoms with E-state index in [2.05, 4.69) is 0 Å². The van der Waals surface area contributed by atoms with Gasteiger partial charge in [0.05, 0.1) is 14.2 Å². The molecular weight excluding hydrogens is 380 g/mol. The zero-order valence-electron chi connectivity index (χ0n) is 16.4. The zero-order valence-corrected chi connectivity index (χ0v) is 16.4. The minimum atomic E-state index is -1.14. The first-order valence-electron chi connectivity index (χ1n) is 8.69. The largest absolute Gasteiger partial charge is 0.504 e. The monoisotopic (exact) mass is 404 g/mol. The molecule has 0 aromatic heterocycles. The van der Waals surface area contributed by atoms with E-state index < -0.39 is 18.2 Å². The zero-order chi connectivity index (χ0) is 21.4. The van der Waals surface area contributed by atoms with Crippen LogP contribution in [0.4, 0.5) is 0 Å².